The van der Waals surface area contributed by atoms with E-state index in [2.05, 4.69) is 22.3 Å². The molecule has 0 radical (unpaired) electrons. The molecule has 1 aliphatic carbocycles. The monoisotopic (exact) mass is 400 g/mol. The van der Waals surface area contributed by atoms with E-state index in [1.54, 1.807) is 6.26 Å². The molecule has 0 unspecified atom stereocenters. The summed E-state index contributed by atoms with van der Waals surface area (Å²) in [5, 5.41) is 9.81. The van der Waals surface area contributed by atoms with Crippen molar-refractivity contribution < 1.29 is 9.21 Å². The van der Waals surface area contributed by atoms with E-state index in [-0.39, 0.29) is 11.8 Å². The van der Waals surface area contributed by atoms with Crippen LogP contribution in [-0.4, -0.2) is 38.5 Å². The summed E-state index contributed by atoms with van der Waals surface area (Å²) in [5.41, 5.74) is 5.57. The molecule has 0 spiro atoms. The molecule has 1 saturated heterocycles. The second-order valence-electron chi connectivity index (χ2n) is 8.57. The standard InChI is InChI=1S/C24H24N4O2/c29-23(13-19-15-30-21-12-17-6-3-5-16(17)11-20(19)21)27-9-4-7-18(14-27)24-26-25-22-8-1-2-10-28(22)24/h1-2,8,10-12,15,18H,3-7,9,13-14H2/t18-/m1/s1. The van der Waals surface area contributed by atoms with E-state index in [0.29, 0.717) is 13.0 Å². The third-order valence-electron chi connectivity index (χ3n) is 6.69. The van der Waals surface area contributed by atoms with Crippen LogP contribution < -0.4 is 0 Å². The Hall–Kier alpha value is -3.15. The van der Waals surface area contributed by atoms with Gasteiger partial charge in [0.05, 0.1) is 12.7 Å². The lowest BCUT2D eigenvalue weighted by atomic mass is 9.96. The van der Waals surface area contributed by atoms with Crippen LogP contribution in [0.25, 0.3) is 16.6 Å². The van der Waals surface area contributed by atoms with Crippen LogP contribution in [0.1, 0.15) is 47.7 Å². The molecule has 0 bridgehead atoms. The first kappa shape index (κ1) is 17.7. The van der Waals surface area contributed by atoms with Crippen LogP contribution in [0.15, 0.2) is 47.2 Å². The van der Waals surface area contributed by atoms with Gasteiger partial charge in [-0.3, -0.25) is 9.20 Å². The van der Waals surface area contributed by atoms with E-state index in [9.17, 15) is 4.79 Å². The predicted molar refractivity (Wildman–Crippen MR) is 113 cm³/mol. The summed E-state index contributed by atoms with van der Waals surface area (Å²) in [7, 11) is 0. The maximum atomic E-state index is 13.2. The Morgan fingerprint density at radius 3 is 2.97 bits per heavy atom. The Morgan fingerprint density at radius 1 is 1.13 bits per heavy atom. The molecular formula is C24H24N4O2. The van der Waals surface area contributed by atoms with Gasteiger partial charge in [0.25, 0.3) is 0 Å². The van der Waals surface area contributed by atoms with Gasteiger partial charge in [0.15, 0.2) is 5.65 Å². The second kappa shape index (κ2) is 6.97. The van der Waals surface area contributed by atoms with Gasteiger partial charge in [0.1, 0.15) is 11.4 Å². The van der Waals surface area contributed by atoms with Gasteiger partial charge in [0.2, 0.25) is 5.91 Å². The van der Waals surface area contributed by atoms with E-state index in [4.69, 9.17) is 4.42 Å². The Morgan fingerprint density at radius 2 is 2.03 bits per heavy atom. The highest BCUT2D eigenvalue weighted by Crippen LogP contribution is 2.31. The number of hydrogen-bond donors (Lipinski definition) is 0. The molecule has 2 aliphatic rings. The van der Waals surface area contributed by atoms with Crippen molar-refractivity contribution in [1.29, 1.82) is 0 Å². The Kier molecular flexibility index (Phi) is 4.11. The minimum absolute atomic E-state index is 0.164. The third-order valence-corrected chi connectivity index (χ3v) is 6.69. The van der Waals surface area contributed by atoms with E-state index < -0.39 is 0 Å². The van der Waals surface area contributed by atoms with Crippen LogP contribution in [0.3, 0.4) is 0 Å². The molecular weight excluding hydrogens is 376 g/mol. The number of nitrogens with zero attached hydrogens (tertiary/aromatic N) is 4. The number of rotatable bonds is 3. The van der Waals surface area contributed by atoms with Crippen molar-refractivity contribution >= 4 is 22.5 Å². The quantitative estimate of drug-likeness (QED) is 0.523. The summed E-state index contributed by atoms with van der Waals surface area (Å²) < 4.78 is 7.84. The first-order valence-corrected chi connectivity index (χ1v) is 10.9. The lowest BCUT2D eigenvalue weighted by Crippen LogP contribution is -2.40. The summed E-state index contributed by atoms with van der Waals surface area (Å²) in [6.07, 6.45) is 9.64. The average Bonchev–Trinajstić information content (AvgIpc) is 3.50. The molecule has 3 aromatic heterocycles. The second-order valence-corrected chi connectivity index (χ2v) is 8.57. The number of amides is 1. The van der Waals surface area contributed by atoms with Crippen LogP contribution in [-0.2, 0) is 24.1 Å². The maximum Gasteiger partial charge on any atom is 0.227 e. The average molecular weight is 400 g/mol. The van der Waals surface area contributed by atoms with Gasteiger partial charge in [-0.25, -0.2) is 0 Å². The summed E-state index contributed by atoms with van der Waals surface area (Å²) in [6.45, 7) is 1.50. The SMILES string of the molecule is O=C(Cc1coc2cc3c(cc12)CCC3)N1CCC[C@@H](c2nnc3ccccn23)C1. The van der Waals surface area contributed by atoms with Crippen LogP contribution in [0.4, 0.5) is 0 Å². The number of carbonyl (C=O) groups excluding carboxylic acids is 1. The molecule has 1 atom stereocenters. The number of likely N-dealkylation sites (tertiary alicyclic amines) is 1. The molecule has 1 aromatic carbocycles. The third kappa shape index (κ3) is 2.90. The topological polar surface area (TPSA) is 63.6 Å². The molecule has 4 aromatic rings. The highest BCUT2D eigenvalue weighted by Gasteiger charge is 2.28. The van der Waals surface area contributed by atoms with Gasteiger partial charge in [-0.2, -0.15) is 0 Å². The lowest BCUT2D eigenvalue weighted by Gasteiger charge is -2.32. The fourth-order valence-electron chi connectivity index (χ4n) is 5.11. The predicted octanol–water partition coefficient (Wildman–Crippen LogP) is 3.91. The van der Waals surface area contributed by atoms with Crippen molar-refractivity contribution in [3.05, 3.63) is 65.3 Å². The number of pyridine rings is 1. The molecule has 1 aliphatic heterocycles. The molecule has 30 heavy (non-hydrogen) atoms. The maximum absolute atomic E-state index is 13.2. The van der Waals surface area contributed by atoms with Crippen molar-refractivity contribution in [2.24, 2.45) is 0 Å². The van der Waals surface area contributed by atoms with Crippen molar-refractivity contribution in [1.82, 2.24) is 19.5 Å². The fourth-order valence-corrected chi connectivity index (χ4v) is 5.11. The lowest BCUT2D eigenvalue weighted by molar-refractivity contribution is -0.131. The van der Waals surface area contributed by atoms with Crippen LogP contribution in [0.5, 0.6) is 0 Å². The van der Waals surface area contributed by atoms with E-state index in [0.717, 1.165) is 60.2 Å². The minimum atomic E-state index is 0.164. The molecule has 1 amide bonds. The number of benzene rings is 1. The van der Waals surface area contributed by atoms with Crippen LogP contribution >= 0.6 is 0 Å². The van der Waals surface area contributed by atoms with E-state index in [1.807, 2.05) is 33.7 Å². The zero-order valence-corrected chi connectivity index (χ0v) is 16.9. The number of hydrogen-bond acceptors (Lipinski definition) is 4. The summed E-state index contributed by atoms with van der Waals surface area (Å²) in [4.78, 5) is 15.2. The zero-order valence-electron chi connectivity index (χ0n) is 16.9. The molecule has 152 valence electrons. The summed E-state index contributed by atoms with van der Waals surface area (Å²) >= 11 is 0. The largest absolute Gasteiger partial charge is 0.464 e. The smallest absolute Gasteiger partial charge is 0.227 e. The first-order chi connectivity index (χ1) is 14.8. The summed E-state index contributed by atoms with van der Waals surface area (Å²) in [6, 6.07) is 10.3. The van der Waals surface area contributed by atoms with Gasteiger partial charge >= 0.3 is 0 Å². The van der Waals surface area contributed by atoms with Gasteiger partial charge in [-0.05, 0) is 67.5 Å². The van der Waals surface area contributed by atoms with E-state index >= 15 is 0 Å². The van der Waals surface area contributed by atoms with Gasteiger partial charge in [-0.15, -0.1) is 10.2 Å². The number of carbonyl (C=O) groups is 1. The summed E-state index contributed by atoms with van der Waals surface area (Å²) in [5.74, 6) is 1.33. The minimum Gasteiger partial charge on any atom is -0.464 e. The van der Waals surface area contributed by atoms with Gasteiger partial charge in [-0.1, -0.05) is 6.07 Å². The van der Waals surface area contributed by atoms with Crippen LogP contribution in [0, 0.1) is 0 Å². The molecule has 0 N–H and O–H groups in total. The zero-order chi connectivity index (χ0) is 20.1. The molecule has 1 fully saturated rings. The highest BCUT2D eigenvalue weighted by molar-refractivity contribution is 5.88. The normalized spacial score (nSPS) is 18.9. The van der Waals surface area contributed by atoms with E-state index in [1.165, 1.54) is 17.5 Å². The van der Waals surface area contributed by atoms with Crippen LogP contribution in [0.2, 0.25) is 0 Å². The molecule has 0 saturated carbocycles. The Bertz CT molecular complexity index is 1250. The van der Waals surface area contributed by atoms with Crippen molar-refractivity contribution in [3.8, 4) is 0 Å². The molecule has 6 nitrogen and oxygen atoms in total. The molecule has 4 heterocycles. The number of aromatic nitrogens is 3. The molecule has 6 rings (SSSR count). The van der Waals surface area contributed by atoms with Gasteiger partial charge < -0.3 is 9.32 Å². The first-order valence-electron chi connectivity index (χ1n) is 10.9. The number of piperidine rings is 1. The number of fused-ring (bicyclic) bond motifs is 3. The van der Waals surface area contributed by atoms with Gasteiger partial charge in [0, 0.05) is 36.2 Å². The fraction of sp³-hybridized carbons (Fsp3) is 0.375. The highest BCUT2D eigenvalue weighted by atomic mass is 16.3. The molecule has 6 heteroatoms. The Balaban J connectivity index is 1.22. The number of aryl methyl sites for hydroxylation is 2. The van der Waals surface area contributed by atoms with Crippen molar-refractivity contribution in [3.63, 3.8) is 0 Å². The van der Waals surface area contributed by atoms with Crippen molar-refractivity contribution in [2.75, 3.05) is 13.1 Å². The Labute approximate surface area is 174 Å². The number of furan rings is 1. The van der Waals surface area contributed by atoms with Crippen molar-refractivity contribution in [2.45, 2.75) is 44.4 Å².